The summed E-state index contributed by atoms with van der Waals surface area (Å²) in [5.41, 5.74) is 5.07. The van der Waals surface area contributed by atoms with Crippen LogP contribution in [0.5, 0.6) is 0 Å². The molecule has 0 amide bonds. The lowest BCUT2D eigenvalue weighted by atomic mass is 9.83. The third kappa shape index (κ3) is 4.44. The molecule has 3 aromatic carbocycles. The molecule has 0 saturated heterocycles. The number of hydrogen-bond acceptors (Lipinski definition) is 6. The Morgan fingerprint density at radius 2 is 1.85 bits per heavy atom. The van der Waals surface area contributed by atoms with Crippen molar-refractivity contribution in [2.75, 3.05) is 0 Å². The summed E-state index contributed by atoms with van der Waals surface area (Å²) in [5, 5.41) is 12.7. The highest BCUT2D eigenvalue weighted by Gasteiger charge is 2.33. The standard InChI is InChI=1S/C31H19Cl2N3O4S/c32-19-9-12-25(33)24(15-19)26-13-10-21(40-26)16-27-30(37)35-29(18-5-3-6-20(14-18)36(38)39)23-11-8-17-4-1-2-7-22(17)28(23)34-31(35)41-27/h1-7,9-10,12-16,29H,8,11H2/b27-16+/t29-/m1/s1. The molecule has 0 unspecified atom stereocenters. The predicted molar refractivity (Wildman–Crippen MR) is 160 cm³/mol. The first-order chi connectivity index (χ1) is 19.9. The maximum atomic E-state index is 14.0. The monoisotopic (exact) mass is 599 g/mol. The van der Waals surface area contributed by atoms with E-state index in [9.17, 15) is 14.9 Å². The topological polar surface area (TPSA) is 90.6 Å². The van der Waals surface area contributed by atoms with Crippen molar-refractivity contribution in [3.05, 3.63) is 147 Å². The van der Waals surface area contributed by atoms with Crippen molar-refractivity contribution in [2.45, 2.75) is 18.9 Å². The Morgan fingerprint density at radius 3 is 2.71 bits per heavy atom. The Kier molecular flexibility index (Phi) is 6.27. The molecular weight excluding hydrogens is 581 g/mol. The minimum absolute atomic E-state index is 0.0252. The minimum Gasteiger partial charge on any atom is -0.457 e. The average molecular weight is 600 g/mol. The fourth-order valence-corrected chi connectivity index (χ4v) is 6.89. The number of nitro groups is 1. The van der Waals surface area contributed by atoms with Crippen LogP contribution in [-0.4, -0.2) is 9.49 Å². The van der Waals surface area contributed by atoms with E-state index in [0.29, 0.717) is 48.4 Å². The van der Waals surface area contributed by atoms with E-state index in [2.05, 4.69) is 6.07 Å². The molecule has 1 aliphatic carbocycles. The average Bonchev–Trinajstić information content (AvgIpc) is 3.57. The van der Waals surface area contributed by atoms with Crippen molar-refractivity contribution in [3.63, 3.8) is 0 Å². The van der Waals surface area contributed by atoms with Crippen LogP contribution in [0.4, 0.5) is 5.69 Å². The fourth-order valence-electron chi connectivity index (χ4n) is 5.52. The van der Waals surface area contributed by atoms with Crippen LogP contribution < -0.4 is 14.9 Å². The zero-order chi connectivity index (χ0) is 28.2. The van der Waals surface area contributed by atoms with E-state index >= 15 is 0 Å². The number of nitro benzene ring substituents is 1. The number of aromatic nitrogens is 1. The highest BCUT2D eigenvalue weighted by Crippen LogP contribution is 2.41. The molecule has 1 atom stereocenters. The molecule has 0 bridgehead atoms. The van der Waals surface area contributed by atoms with Gasteiger partial charge in [0, 0.05) is 34.4 Å². The van der Waals surface area contributed by atoms with Gasteiger partial charge in [-0.05, 0) is 59.9 Å². The van der Waals surface area contributed by atoms with Crippen molar-refractivity contribution < 1.29 is 9.34 Å². The summed E-state index contributed by atoms with van der Waals surface area (Å²) in [7, 11) is 0. The summed E-state index contributed by atoms with van der Waals surface area (Å²) >= 11 is 13.8. The first-order valence-corrected chi connectivity index (χ1v) is 14.4. The summed E-state index contributed by atoms with van der Waals surface area (Å²) in [6.07, 6.45) is 3.17. The van der Waals surface area contributed by atoms with Crippen molar-refractivity contribution in [2.24, 2.45) is 4.99 Å². The maximum absolute atomic E-state index is 14.0. The van der Waals surface area contributed by atoms with Crippen molar-refractivity contribution >= 4 is 52.0 Å². The lowest BCUT2D eigenvalue weighted by molar-refractivity contribution is -0.384. The number of hydrogen-bond donors (Lipinski definition) is 0. The van der Waals surface area contributed by atoms with Crippen LogP contribution in [0.15, 0.2) is 98.6 Å². The molecule has 2 aromatic heterocycles. The van der Waals surface area contributed by atoms with Gasteiger partial charge >= 0.3 is 0 Å². The SMILES string of the molecule is O=c1/c(=C\c2ccc(-c3cc(Cl)ccc3Cl)o2)sc2n1[C@H](c1cccc([N+](=O)[O-])c1)C1=C(N=2)c2ccccc2CC1. The molecule has 10 heteroatoms. The molecule has 202 valence electrons. The zero-order valence-electron chi connectivity index (χ0n) is 21.2. The fraction of sp³-hybridized carbons (Fsp3) is 0.0968. The number of non-ortho nitro benzene ring substituents is 1. The van der Waals surface area contributed by atoms with Crippen LogP contribution >= 0.6 is 34.5 Å². The number of nitrogens with zero attached hydrogens (tertiary/aromatic N) is 3. The second-order valence-electron chi connectivity index (χ2n) is 9.79. The molecule has 3 heterocycles. The number of aryl methyl sites for hydroxylation is 1. The molecule has 5 aromatic rings. The highest BCUT2D eigenvalue weighted by atomic mass is 35.5. The van der Waals surface area contributed by atoms with Crippen LogP contribution in [0.3, 0.4) is 0 Å². The van der Waals surface area contributed by atoms with E-state index in [4.69, 9.17) is 32.6 Å². The molecule has 0 fully saturated rings. The van der Waals surface area contributed by atoms with Gasteiger partial charge in [-0.25, -0.2) is 4.99 Å². The predicted octanol–water partition coefficient (Wildman–Crippen LogP) is 6.79. The number of halogens is 2. The van der Waals surface area contributed by atoms with Gasteiger partial charge < -0.3 is 4.42 Å². The van der Waals surface area contributed by atoms with Gasteiger partial charge in [0.25, 0.3) is 11.2 Å². The summed E-state index contributed by atoms with van der Waals surface area (Å²) in [5.74, 6) is 1.00. The van der Waals surface area contributed by atoms with Crippen molar-refractivity contribution in [1.82, 2.24) is 4.57 Å². The number of fused-ring (bicyclic) bond motifs is 3. The second-order valence-corrected chi connectivity index (χ2v) is 11.6. The number of rotatable bonds is 4. The van der Waals surface area contributed by atoms with Gasteiger partial charge in [0.2, 0.25) is 0 Å². The van der Waals surface area contributed by atoms with E-state index in [-0.39, 0.29) is 11.2 Å². The Bertz CT molecular complexity index is 2110. The van der Waals surface area contributed by atoms with Crippen LogP contribution in [0.1, 0.15) is 34.9 Å². The van der Waals surface area contributed by atoms with Gasteiger partial charge in [-0.2, -0.15) is 0 Å². The molecule has 1 aliphatic heterocycles. The van der Waals surface area contributed by atoms with Gasteiger partial charge in [-0.1, -0.05) is 70.9 Å². The number of benzene rings is 3. The normalized spacial score (nSPS) is 16.1. The highest BCUT2D eigenvalue weighted by molar-refractivity contribution is 7.07. The van der Waals surface area contributed by atoms with Crippen molar-refractivity contribution in [3.8, 4) is 11.3 Å². The van der Waals surface area contributed by atoms with Crippen LogP contribution in [0, 0.1) is 10.1 Å². The van der Waals surface area contributed by atoms with E-state index in [1.807, 2.05) is 24.3 Å². The number of allylic oxidation sites excluding steroid dienone is 1. The molecule has 41 heavy (non-hydrogen) atoms. The Labute approximate surface area is 247 Å². The molecule has 0 radical (unpaired) electrons. The molecule has 0 spiro atoms. The van der Waals surface area contributed by atoms with Crippen LogP contribution in [0.2, 0.25) is 10.0 Å². The summed E-state index contributed by atoms with van der Waals surface area (Å²) in [4.78, 5) is 30.7. The van der Waals surface area contributed by atoms with E-state index in [1.165, 1.54) is 23.0 Å². The Hall–Kier alpha value is -4.24. The first kappa shape index (κ1) is 25.7. The molecule has 0 saturated carbocycles. The van der Waals surface area contributed by atoms with Gasteiger partial charge in [-0.15, -0.1) is 0 Å². The number of furan rings is 1. The molecule has 0 N–H and O–H groups in total. The molecule has 2 aliphatic rings. The summed E-state index contributed by atoms with van der Waals surface area (Å²) in [6.45, 7) is 0. The van der Waals surface area contributed by atoms with Gasteiger partial charge in [-0.3, -0.25) is 19.5 Å². The third-order valence-electron chi connectivity index (χ3n) is 7.36. The summed E-state index contributed by atoms with van der Waals surface area (Å²) in [6, 6.07) is 22.8. The molecule has 7 rings (SSSR count). The van der Waals surface area contributed by atoms with E-state index in [1.54, 1.807) is 53.1 Å². The first-order valence-electron chi connectivity index (χ1n) is 12.8. The number of thiazole rings is 1. The molecular formula is C31H19Cl2N3O4S. The van der Waals surface area contributed by atoms with Gasteiger partial charge in [0.15, 0.2) is 4.80 Å². The Morgan fingerprint density at radius 1 is 1.00 bits per heavy atom. The van der Waals surface area contributed by atoms with Gasteiger partial charge in [0.1, 0.15) is 11.5 Å². The molecule has 7 nitrogen and oxygen atoms in total. The second kappa shape index (κ2) is 9.99. The zero-order valence-corrected chi connectivity index (χ0v) is 23.5. The van der Waals surface area contributed by atoms with Crippen LogP contribution in [0.25, 0.3) is 23.1 Å². The quantitative estimate of drug-likeness (QED) is 0.168. The largest absolute Gasteiger partial charge is 0.457 e. The third-order valence-corrected chi connectivity index (χ3v) is 8.91. The van der Waals surface area contributed by atoms with Crippen LogP contribution in [-0.2, 0) is 6.42 Å². The maximum Gasteiger partial charge on any atom is 0.271 e. The minimum atomic E-state index is -0.519. The Balaban J connectivity index is 1.41. The van der Waals surface area contributed by atoms with E-state index < -0.39 is 11.0 Å². The van der Waals surface area contributed by atoms with Crippen molar-refractivity contribution in [1.29, 1.82) is 0 Å². The lowest BCUT2D eigenvalue weighted by Crippen LogP contribution is -2.38. The summed E-state index contributed by atoms with van der Waals surface area (Å²) < 4.78 is 8.12. The van der Waals surface area contributed by atoms with Gasteiger partial charge in [0.05, 0.1) is 26.2 Å². The lowest BCUT2D eigenvalue weighted by Gasteiger charge is -2.30. The smallest absolute Gasteiger partial charge is 0.271 e. The van der Waals surface area contributed by atoms with E-state index in [0.717, 1.165) is 23.3 Å².